The molecule has 0 saturated carbocycles. The summed E-state index contributed by atoms with van der Waals surface area (Å²) >= 11 is 0. The maximum absolute atomic E-state index is 4.30. The van der Waals surface area contributed by atoms with Gasteiger partial charge >= 0.3 is 0 Å². The number of hydrogen-bond donors (Lipinski definition) is 1. The number of rotatable bonds is 2. The molecule has 0 radical (unpaired) electrons. The van der Waals surface area contributed by atoms with Crippen LogP contribution in [-0.4, -0.2) is 26.8 Å². The molecule has 0 atom stereocenters. The predicted octanol–water partition coefficient (Wildman–Crippen LogP) is 1.01. The molecule has 5 nitrogen and oxygen atoms in total. The third-order valence-electron chi connectivity index (χ3n) is 1.82. The first-order valence-corrected chi connectivity index (χ1v) is 4.31. The van der Waals surface area contributed by atoms with Gasteiger partial charge in [0.25, 0.3) is 0 Å². The topological polar surface area (TPSA) is 55.6 Å². The highest BCUT2D eigenvalue weighted by Gasteiger charge is 2.00. The van der Waals surface area contributed by atoms with Crippen LogP contribution in [0, 0.1) is 6.92 Å². The fourth-order valence-corrected chi connectivity index (χ4v) is 1.12. The van der Waals surface area contributed by atoms with Gasteiger partial charge < -0.3 is 5.32 Å². The van der Waals surface area contributed by atoms with Gasteiger partial charge in [-0.1, -0.05) is 0 Å². The summed E-state index contributed by atoms with van der Waals surface area (Å²) in [6.45, 7) is 1.98. The van der Waals surface area contributed by atoms with Gasteiger partial charge in [0.05, 0.1) is 18.6 Å². The zero-order valence-electron chi connectivity index (χ0n) is 8.10. The predicted molar refractivity (Wildman–Crippen MR) is 53.4 cm³/mol. The van der Waals surface area contributed by atoms with E-state index in [0.29, 0.717) is 5.82 Å². The maximum atomic E-state index is 4.30. The van der Waals surface area contributed by atoms with Crippen molar-refractivity contribution in [3.8, 4) is 5.82 Å². The van der Waals surface area contributed by atoms with E-state index in [0.717, 1.165) is 11.4 Å². The molecule has 2 rings (SSSR count). The van der Waals surface area contributed by atoms with E-state index in [1.165, 1.54) is 0 Å². The number of nitrogens with zero attached hydrogens (tertiary/aromatic N) is 4. The molecule has 0 unspecified atom stereocenters. The quantitative estimate of drug-likeness (QED) is 0.766. The van der Waals surface area contributed by atoms with Crippen molar-refractivity contribution >= 4 is 5.82 Å². The van der Waals surface area contributed by atoms with E-state index >= 15 is 0 Å². The lowest BCUT2D eigenvalue weighted by Crippen LogP contribution is -2.01. The Labute approximate surface area is 81.8 Å². The molecule has 0 aliphatic rings. The first kappa shape index (κ1) is 8.68. The number of nitrogens with one attached hydrogen (secondary N) is 1. The number of anilines is 1. The molecule has 0 amide bonds. The Morgan fingerprint density at radius 1 is 1.29 bits per heavy atom. The summed E-state index contributed by atoms with van der Waals surface area (Å²) in [7, 11) is 1.81. The summed E-state index contributed by atoms with van der Waals surface area (Å²) in [6.07, 6.45) is 7.03. The molecule has 0 saturated heterocycles. The molecule has 0 aliphatic heterocycles. The van der Waals surface area contributed by atoms with E-state index < -0.39 is 0 Å². The van der Waals surface area contributed by atoms with Crippen LogP contribution in [0.25, 0.3) is 5.82 Å². The lowest BCUT2D eigenvalue weighted by Gasteiger charge is -2.01. The average Bonchev–Trinajstić information content (AvgIpc) is 2.65. The molecule has 14 heavy (non-hydrogen) atoms. The summed E-state index contributed by atoms with van der Waals surface area (Å²) < 4.78 is 1.70. The van der Waals surface area contributed by atoms with Gasteiger partial charge in [0, 0.05) is 13.2 Å². The van der Waals surface area contributed by atoms with Gasteiger partial charge in [0.2, 0.25) is 0 Å². The zero-order chi connectivity index (χ0) is 9.97. The first-order valence-electron chi connectivity index (χ1n) is 4.31. The Bertz CT molecular complexity index is 434. The largest absolute Gasteiger partial charge is 0.372 e. The van der Waals surface area contributed by atoms with Gasteiger partial charge in [-0.2, -0.15) is 5.10 Å². The minimum atomic E-state index is 0.713. The molecule has 0 bridgehead atoms. The molecule has 0 fully saturated rings. The highest BCUT2D eigenvalue weighted by atomic mass is 15.3. The van der Waals surface area contributed by atoms with Crippen LogP contribution in [0.15, 0.2) is 24.8 Å². The molecule has 0 aromatic carbocycles. The number of aromatic nitrogens is 4. The second-order valence-corrected chi connectivity index (χ2v) is 2.97. The van der Waals surface area contributed by atoms with Gasteiger partial charge in [-0.3, -0.25) is 4.98 Å². The van der Waals surface area contributed by atoms with Crippen LogP contribution >= 0.6 is 0 Å². The zero-order valence-corrected chi connectivity index (χ0v) is 8.10. The first-order chi connectivity index (χ1) is 6.79. The average molecular weight is 189 g/mol. The summed E-state index contributed by atoms with van der Waals surface area (Å²) in [6, 6.07) is 0. The lowest BCUT2D eigenvalue weighted by atomic mass is 10.4. The van der Waals surface area contributed by atoms with Gasteiger partial charge in [-0.25, -0.2) is 9.67 Å². The minimum Gasteiger partial charge on any atom is -0.372 e. The molecule has 72 valence electrons. The van der Waals surface area contributed by atoms with Crippen LogP contribution in [0.5, 0.6) is 0 Å². The maximum Gasteiger partial charge on any atom is 0.173 e. The minimum absolute atomic E-state index is 0.713. The van der Waals surface area contributed by atoms with Crippen molar-refractivity contribution < 1.29 is 0 Å². The molecule has 2 aromatic rings. The fourth-order valence-electron chi connectivity index (χ4n) is 1.12. The Hall–Kier alpha value is -1.91. The van der Waals surface area contributed by atoms with Crippen LogP contribution in [0.4, 0.5) is 5.82 Å². The van der Waals surface area contributed by atoms with Crippen molar-refractivity contribution in [3.63, 3.8) is 0 Å². The van der Waals surface area contributed by atoms with E-state index in [-0.39, 0.29) is 0 Å². The van der Waals surface area contributed by atoms with Crippen molar-refractivity contribution in [1.29, 1.82) is 0 Å². The highest BCUT2D eigenvalue weighted by molar-refractivity contribution is 5.34. The molecular formula is C9H11N5. The molecule has 2 aromatic heterocycles. The van der Waals surface area contributed by atoms with Gasteiger partial charge in [-0.05, 0) is 12.5 Å². The Kier molecular flexibility index (Phi) is 2.14. The van der Waals surface area contributed by atoms with Crippen LogP contribution < -0.4 is 5.32 Å². The SMILES string of the molecule is CNc1cncc(-n2cc(C)cn2)n1. The summed E-state index contributed by atoms with van der Waals surface area (Å²) in [5.74, 6) is 1.45. The smallest absolute Gasteiger partial charge is 0.173 e. The van der Waals surface area contributed by atoms with Crippen molar-refractivity contribution in [2.75, 3.05) is 12.4 Å². The third kappa shape index (κ3) is 1.56. The highest BCUT2D eigenvalue weighted by Crippen LogP contribution is 2.06. The Morgan fingerprint density at radius 3 is 2.79 bits per heavy atom. The Morgan fingerprint density at radius 2 is 2.14 bits per heavy atom. The van der Waals surface area contributed by atoms with E-state index in [2.05, 4.69) is 20.4 Å². The molecular weight excluding hydrogens is 178 g/mol. The molecule has 0 spiro atoms. The van der Waals surface area contributed by atoms with E-state index in [4.69, 9.17) is 0 Å². The monoisotopic (exact) mass is 189 g/mol. The third-order valence-corrected chi connectivity index (χ3v) is 1.82. The second kappa shape index (κ2) is 3.45. The fraction of sp³-hybridized carbons (Fsp3) is 0.222. The van der Waals surface area contributed by atoms with Gasteiger partial charge in [-0.15, -0.1) is 0 Å². The van der Waals surface area contributed by atoms with E-state index in [1.807, 2.05) is 20.2 Å². The van der Waals surface area contributed by atoms with Crippen LogP contribution in [0.1, 0.15) is 5.56 Å². The summed E-state index contributed by atoms with van der Waals surface area (Å²) in [5, 5.41) is 7.08. The van der Waals surface area contributed by atoms with Crippen LogP contribution in [-0.2, 0) is 0 Å². The van der Waals surface area contributed by atoms with Crippen LogP contribution in [0.3, 0.4) is 0 Å². The number of aryl methyl sites for hydroxylation is 1. The molecule has 1 N–H and O–H groups in total. The van der Waals surface area contributed by atoms with E-state index in [1.54, 1.807) is 23.3 Å². The molecule has 0 aliphatic carbocycles. The van der Waals surface area contributed by atoms with E-state index in [9.17, 15) is 0 Å². The number of hydrogen-bond acceptors (Lipinski definition) is 4. The van der Waals surface area contributed by atoms with Crippen molar-refractivity contribution in [2.45, 2.75) is 6.92 Å². The second-order valence-electron chi connectivity index (χ2n) is 2.97. The normalized spacial score (nSPS) is 10.1. The van der Waals surface area contributed by atoms with Crippen molar-refractivity contribution in [1.82, 2.24) is 19.7 Å². The van der Waals surface area contributed by atoms with Gasteiger partial charge in [0.15, 0.2) is 5.82 Å². The van der Waals surface area contributed by atoms with Crippen LogP contribution in [0.2, 0.25) is 0 Å². The summed E-state index contributed by atoms with van der Waals surface area (Å²) in [4.78, 5) is 8.36. The lowest BCUT2D eigenvalue weighted by molar-refractivity contribution is 0.839. The van der Waals surface area contributed by atoms with Crippen molar-refractivity contribution in [3.05, 3.63) is 30.4 Å². The molecule has 5 heteroatoms. The van der Waals surface area contributed by atoms with Gasteiger partial charge in [0.1, 0.15) is 5.82 Å². The standard InChI is InChI=1S/C9H11N5/c1-7-3-12-14(6-7)9-5-11-4-8(10-2)13-9/h3-6H,1-2H3,(H,10,13). The summed E-state index contributed by atoms with van der Waals surface area (Å²) in [5.41, 5.74) is 1.10. The molecule has 2 heterocycles. The van der Waals surface area contributed by atoms with Crippen molar-refractivity contribution in [2.24, 2.45) is 0 Å². The Balaban J connectivity index is 2.41.